The van der Waals surface area contributed by atoms with Crippen molar-refractivity contribution in [3.8, 4) is 5.75 Å². The number of anilines is 1. The summed E-state index contributed by atoms with van der Waals surface area (Å²) in [6.45, 7) is 1.32. The Hall–Kier alpha value is -1.49. The smallest absolute Gasteiger partial charge is 0.813 e. The summed E-state index contributed by atoms with van der Waals surface area (Å²) in [6, 6.07) is 0.695. The number of halogens is 1. The van der Waals surface area contributed by atoms with Crippen molar-refractivity contribution in [1.82, 2.24) is 9.80 Å². The summed E-state index contributed by atoms with van der Waals surface area (Å²) in [6.07, 6.45) is 0.153. The predicted octanol–water partition coefficient (Wildman–Crippen LogP) is -2.30. The van der Waals surface area contributed by atoms with Crippen LogP contribution in [0, 0.1) is 11.8 Å². The van der Waals surface area contributed by atoms with Gasteiger partial charge in [0.15, 0.2) is 11.4 Å². The number of phenols is 1. The molecule has 0 bridgehead atoms. The summed E-state index contributed by atoms with van der Waals surface area (Å²) in [5.74, 6) is -6.74. The van der Waals surface area contributed by atoms with E-state index >= 15 is 0 Å². The first-order chi connectivity index (χ1) is 19.2. The fourth-order valence-electron chi connectivity index (χ4n) is 7.17. The number of benzene rings is 1. The van der Waals surface area contributed by atoms with Gasteiger partial charge in [-0.25, -0.2) is 4.39 Å². The van der Waals surface area contributed by atoms with Crippen molar-refractivity contribution in [3.05, 3.63) is 39.7 Å². The molecule has 6 N–H and O–H groups in total. The van der Waals surface area contributed by atoms with Crippen molar-refractivity contribution in [2.24, 2.45) is 17.6 Å². The van der Waals surface area contributed by atoms with Crippen molar-refractivity contribution in [3.63, 3.8) is 0 Å². The van der Waals surface area contributed by atoms with E-state index in [-0.39, 0.29) is 94.6 Å². The van der Waals surface area contributed by atoms with E-state index in [1.54, 1.807) is 14.1 Å². The molecular weight excluding hydrogens is 607 g/mol. The molecule has 0 spiro atoms. The zero-order valence-electron chi connectivity index (χ0n) is 25.1. The average Bonchev–Trinajstić information content (AvgIpc) is 2.88. The molecule has 2 fully saturated rings. The molecule has 43 heavy (non-hydrogen) atoms. The minimum Gasteiger partial charge on any atom is -0.813 e. The Bertz CT molecular complexity index is 1410. The molecule has 0 radical (unpaired) electrons. The van der Waals surface area contributed by atoms with Gasteiger partial charge in [0.2, 0.25) is 5.78 Å². The van der Waals surface area contributed by atoms with Gasteiger partial charge < -0.3 is 44.6 Å². The first-order valence-electron chi connectivity index (χ1n) is 13.8. The van der Waals surface area contributed by atoms with Gasteiger partial charge in [0.05, 0.1) is 11.6 Å². The Morgan fingerprint density at radius 1 is 1.14 bits per heavy atom. The number of carbonyl (C=O) groups is 3. The van der Waals surface area contributed by atoms with Crippen LogP contribution < -0.4 is 62.0 Å². The number of thiol groups is 1. The van der Waals surface area contributed by atoms with Crippen LogP contribution in [0.5, 0.6) is 5.75 Å². The third-order valence-corrected chi connectivity index (χ3v) is 9.17. The molecule has 1 aliphatic heterocycles. The number of aliphatic hydroxyl groups is 3. The Kier molecular flexibility index (Phi) is 10.9. The summed E-state index contributed by atoms with van der Waals surface area (Å²) < 4.78 is 13.7. The summed E-state index contributed by atoms with van der Waals surface area (Å²) >= 11 is 0. The van der Waals surface area contributed by atoms with Gasteiger partial charge in [0, 0.05) is 56.5 Å². The van der Waals surface area contributed by atoms with E-state index in [1.807, 2.05) is 30.0 Å². The van der Waals surface area contributed by atoms with E-state index in [0.717, 1.165) is 5.69 Å². The van der Waals surface area contributed by atoms with Gasteiger partial charge in [0.1, 0.15) is 29.0 Å². The van der Waals surface area contributed by atoms with Gasteiger partial charge in [-0.15, -0.1) is 0 Å². The van der Waals surface area contributed by atoms with E-state index in [1.165, 1.54) is 4.90 Å². The minimum absolute atomic E-state index is 0. The number of fused-ring (bicyclic) bond motifs is 3. The Balaban J connectivity index is 0.00000253. The Morgan fingerprint density at radius 2 is 1.74 bits per heavy atom. The van der Waals surface area contributed by atoms with Crippen LogP contribution in [0.1, 0.15) is 36.0 Å². The van der Waals surface area contributed by atoms with Crippen LogP contribution in [0.3, 0.4) is 0 Å². The molecule has 4 aliphatic rings. The normalized spacial score (nSPS) is 27.7. The number of likely N-dealkylation sites (N-methyl/N-ethyl adjacent to an activating group) is 1. The Morgan fingerprint density at radius 3 is 2.28 bits per heavy atom. The van der Waals surface area contributed by atoms with Gasteiger partial charge in [0.25, 0.3) is 5.91 Å². The van der Waals surface area contributed by atoms with Crippen LogP contribution in [0.2, 0.25) is 0 Å². The van der Waals surface area contributed by atoms with Crippen LogP contribution in [0.25, 0.3) is 5.76 Å². The maximum absolute atomic E-state index is 14.1. The molecule has 230 valence electrons. The van der Waals surface area contributed by atoms with Gasteiger partial charge in [-0.1, -0.05) is 0 Å². The summed E-state index contributed by atoms with van der Waals surface area (Å²) in [5, 5.41) is 45.8. The first kappa shape index (κ1) is 36.0. The molecule has 14 heteroatoms. The summed E-state index contributed by atoms with van der Waals surface area (Å²) in [4.78, 5) is 44.8. The maximum atomic E-state index is 14.1. The number of ketones is 2. The van der Waals surface area contributed by atoms with E-state index < -0.39 is 64.2 Å². The number of likely N-dealkylation sites (tertiary alicyclic amines) is 1. The SMILES string of the molecule is CN(C)c1cc(CN2CCC(F)CC2)c(O)c2c1C[C@H]1C[C@H]3[C@H](N(C)C)C(=O)C(C(N)=O)=C(O)[C@@]3(O)C(=O)C1=C2O.[K+].[SH-]. The van der Waals surface area contributed by atoms with Crippen LogP contribution in [-0.4, -0.2) is 107 Å². The largest absolute Gasteiger partial charge is 1.00 e. The predicted molar refractivity (Wildman–Crippen MR) is 157 cm³/mol. The Labute approximate surface area is 299 Å². The number of rotatable bonds is 5. The number of hydrogen-bond acceptors (Lipinski definition) is 11. The van der Waals surface area contributed by atoms with Crippen molar-refractivity contribution >= 4 is 42.4 Å². The van der Waals surface area contributed by atoms with Gasteiger partial charge in [-0.2, -0.15) is 0 Å². The van der Waals surface area contributed by atoms with Crippen LogP contribution in [0.15, 0.2) is 23.0 Å². The van der Waals surface area contributed by atoms with E-state index in [9.17, 15) is 39.2 Å². The topological polar surface area (TPSA) is 168 Å². The summed E-state index contributed by atoms with van der Waals surface area (Å²) in [7, 11) is 6.77. The molecule has 1 saturated heterocycles. The molecule has 3 aliphatic carbocycles. The fourth-order valence-corrected chi connectivity index (χ4v) is 7.17. The number of alkyl halides is 1. The molecule has 1 aromatic carbocycles. The van der Waals surface area contributed by atoms with Gasteiger partial charge in [-0.3, -0.25) is 24.2 Å². The molecule has 1 heterocycles. The number of phenolic OH excluding ortho intramolecular Hbond substituents is 1. The van der Waals surface area contributed by atoms with Crippen LogP contribution >= 0.6 is 0 Å². The summed E-state index contributed by atoms with van der Waals surface area (Å²) in [5.41, 5.74) is 3.54. The third kappa shape index (κ3) is 5.72. The average molecular weight is 645 g/mol. The standard InChI is InChI=1S/C29H37FN4O7.K.H2S/c1-32(2)18-11-14(12-34-7-5-15(30)6-8-34)23(35)20-16(18)9-13-10-17-22(33(3)4)25(37)21(28(31)40)27(39)29(17,41)26(38)19(13)24(20)36;;/h11,13,15,17,22,35-36,39,41H,5-10,12H2,1-4H3,(H2,31,40);;1H2/q;+1;/p-1/t13-,17-,22-,29-;;/m0../s1. The number of piperidine rings is 1. The van der Waals surface area contributed by atoms with E-state index in [4.69, 9.17) is 5.73 Å². The second kappa shape index (κ2) is 13.1. The quantitative estimate of drug-likeness (QED) is 0.101. The zero-order chi connectivity index (χ0) is 30.1. The van der Waals surface area contributed by atoms with Gasteiger partial charge >= 0.3 is 51.4 Å². The second-order valence-corrected chi connectivity index (χ2v) is 12.1. The number of hydrogen-bond donors (Lipinski definition) is 5. The fraction of sp³-hybridized carbons (Fsp3) is 0.552. The van der Waals surface area contributed by atoms with Crippen LogP contribution in [-0.2, 0) is 40.8 Å². The maximum Gasteiger partial charge on any atom is 1.00 e. The number of nitrogens with two attached hydrogens (primary N) is 1. The molecule has 1 aromatic rings. The minimum atomic E-state index is -2.68. The van der Waals surface area contributed by atoms with E-state index in [0.29, 0.717) is 43.6 Å². The molecule has 11 nitrogen and oxygen atoms in total. The number of primary amides is 1. The second-order valence-electron chi connectivity index (χ2n) is 12.1. The number of nitrogens with zero attached hydrogens (tertiary/aromatic N) is 3. The van der Waals surface area contributed by atoms with Crippen molar-refractivity contribution in [1.29, 1.82) is 0 Å². The van der Waals surface area contributed by atoms with E-state index in [2.05, 4.69) is 0 Å². The zero-order valence-corrected chi connectivity index (χ0v) is 29.1. The van der Waals surface area contributed by atoms with Crippen molar-refractivity contribution < 1.29 is 90.6 Å². The number of aliphatic hydroxyl groups excluding tert-OH is 2. The monoisotopic (exact) mass is 644 g/mol. The first-order valence-corrected chi connectivity index (χ1v) is 13.8. The molecule has 5 rings (SSSR count). The van der Waals surface area contributed by atoms with Crippen molar-refractivity contribution in [2.75, 3.05) is 46.2 Å². The molecule has 0 aromatic heterocycles. The molecule has 4 atom stereocenters. The van der Waals surface area contributed by atoms with Crippen LogP contribution in [0.4, 0.5) is 10.1 Å². The van der Waals surface area contributed by atoms with Gasteiger partial charge in [-0.05, 0) is 57.3 Å². The number of amides is 1. The van der Waals surface area contributed by atoms with Crippen molar-refractivity contribution in [2.45, 2.75) is 50.0 Å². The molecule has 1 amide bonds. The number of aromatic hydroxyl groups is 1. The number of Topliss-reactive ketones (excluding diaryl/α,β-unsaturated/α-hetero) is 2. The molecule has 1 saturated carbocycles. The molecular formula is C29H38FKN4O7S. The molecule has 0 unspecified atom stereocenters. The third-order valence-electron chi connectivity index (χ3n) is 9.17. The number of carbonyl (C=O) groups excluding carboxylic acids is 3.